The summed E-state index contributed by atoms with van der Waals surface area (Å²) >= 11 is 1.56. The van der Waals surface area contributed by atoms with Gasteiger partial charge in [0.25, 0.3) is 0 Å². The standard InChI is InChI=1S/C13H17N5S/c1-9-4-14-18(5-9)8-10-6-17(7-10)13-15-12(16-19-13)11-2-3-11/h4-5,10-11H,2-3,6-8H2,1H3. The molecule has 100 valence electrons. The van der Waals surface area contributed by atoms with E-state index >= 15 is 0 Å². The Hall–Kier alpha value is -1.43. The molecule has 2 aliphatic rings. The SMILES string of the molecule is Cc1cnn(CC2CN(c3nc(C4CC4)ns3)C2)c1. The molecule has 0 atom stereocenters. The van der Waals surface area contributed by atoms with E-state index in [0.717, 1.165) is 30.6 Å². The Bertz CT molecular complexity index is 579. The molecule has 2 fully saturated rings. The number of hydrogen-bond acceptors (Lipinski definition) is 5. The molecule has 5 nitrogen and oxygen atoms in total. The van der Waals surface area contributed by atoms with Crippen LogP contribution in [0.2, 0.25) is 0 Å². The number of aromatic nitrogens is 4. The zero-order chi connectivity index (χ0) is 12.8. The fourth-order valence-corrected chi connectivity index (χ4v) is 3.30. The van der Waals surface area contributed by atoms with Crippen LogP contribution in [-0.2, 0) is 6.54 Å². The Balaban J connectivity index is 1.34. The van der Waals surface area contributed by atoms with Crippen LogP contribution >= 0.6 is 11.5 Å². The highest BCUT2D eigenvalue weighted by Crippen LogP contribution is 2.40. The summed E-state index contributed by atoms with van der Waals surface area (Å²) in [5, 5.41) is 5.45. The van der Waals surface area contributed by atoms with E-state index in [1.54, 1.807) is 11.5 Å². The first-order valence-electron chi connectivity index (χ1n) is 6.85. The number of aryl methyl sites for hydroxylation is 1. The van der Waals surface area contributed by atoms with Crippen molar-refractivity contribution in [2.45, 2.75) is 32.2 Å². The van der Waals surface area contributed by atoms with Crippen LogP contribution in [0.1, 0.15) is 30.1 Å². The van der Waals surface area contributed by atoms with Crippen molar-refractivity contribution in [1.82, 2.24) is 19.1 Å². The summed E-state index contributed by atoms with van der Waals surface area (Å²) in [4.78, 5) is 6.99. The molecule has 4 rings (SSSR count). The lowest BCUT2D eigenvalue weighted by Gasteiger charge is -2.38. The van der Waals surface area contributed by atoms with Crippen LogP contribution in [0.5, 0.6) is 0 Å². The maximum absolute atomic E-state index is 4.65. The monoisotopic (exact) mass is 275 g/mol. The Morgan fingerprint density at radius 3 is 2.89 bits per heavy atom. The van der Waals surface area contributed by atoms with E-state index in [0.29, 0.717) is 11.8 Å². The molecule has 0 bridgehead atoms. The Morgan fingerprint density at radius 2 is 2.21 bits per heavy atom. The van der Waals surface area contributed by atoms with Crippen molar-refractivity contribution < 1.29 is 0 Å². The molecule has 0 radical (unpaired) electrons. The Kier molecular flexibility index (Phi) is 2.58. The fraction of sp³-hybridized carbons (Fsp3) is 0.615. The van der Waals surface area contributed by atoms with Crippen molar-refractivity contribution in [3.05, 3.63) is 23.8 Å². The van der Waals surface area contributed by atoms with Gasteiger partial charge in [0.15, 0.2) is 0 Å². The van der Waals surface area contributed by atoms with Crippen LogP contribution < -0.4 is 4.90 Å². The molecule has 1 saturated carbocycles. The van der Waals surface area contributed by atoms with Gasteiger partial charge in [-0.25, -0.2) is 4.98 Å². The van der Waals surface area contributed by atoms with Crippen LogP contribution in [0.3, 0.4) is 0 Å². The summed E-state index contributed by atoms with van der Waals surface area (Å²) in [6, 6.07) is 0. The van der Waals surface area contributed by atoms with E-state index in [1.807, 2.05) is 10.9 Å². The molecule has 0 amide bonds. The zero-order valence-electron chi connectivity index (χ0n) is 11.0. The first-order chi connectivity index (χ1) is 9.28. The van der Waals surface area contributed by atoms with Crippen LogP contribution in [0.15, 0.2) is 12.4 Å². The van der Waals surface area contributed by atoms with Gasteiger partial charge in [0.1, 0.15) is 5.82 Å². The van der Waals surface area contributed by atoms with Crippen molar-refractivity contribution in [3.63, 3.8) is 0 Å². The molecule has 6 heteroatoms. The number of nitrogens with zero attached hydrogens (tertiary/aromatic N) is 5. The second-order valence-corrected chi connectivity index (χ2v) is 6.45. The maximum atomic E-state index is 4.65. The number of rotatable bonds is 4. The number of anilines is 1. The summed E-state index contributed by atoms with van der Waals surface area (Å²) in [7, 11) is 0. The minimum Gasteiger partial charge on any atom is -0.346 e. The minimum absolute atomic E-state index is 0.661. The predicted molar refractivity (Wildman–Crippen MR) is 74.6 cm³/mol. The maximum Gasteiger partial charge on any atom is 0.205 e. The molecule has 1 aliphatic heterocycles. The highest BCUT2D eigenvalue weighted by molar-refractivity contribution is 7.09. The molecule has 1 aliphatic carbocycles. The fourth-order valence-electron chi connectivity index (χ4n) is 2.54. The molecule has 2 aromatic heterocycles. The molecule has 0 N–H and O–H groups in total. The molecular formula is C13H17N5S. The van der Waals surface area contributed by atoms with E-state index in [4.69, 9.17) is 0 Å². The molecule has 0 unspecified atom stereocenters. The van der Waals surface area contributed by atoms with E-state index < -0.39 is 0 Å². The van der Waals surface area contributed by atoms with Crippen molar-refractivity contribution in [3.8, 4) is 0 Å². The van der Waals surface area contributed by atoms with Crippen molar-refractivity contribution >= 4 is 16.7 Å². The van der Waals surface area contributed by atoms with E-state index in [2.05, 4.69) is 32.5 Å². The van der Waals surface area contributed by atoms with Gasteiger partial charge in [0, 0.05) is 49.2 Å². The summed E-state index contributed by atoms with van der Waals surface area (Å²) < 4.78 is 6.51. The molecule has 19 heavy (non-hydrogen) atoms. The average molecular weight is 275 g/mol. The topological polar surface area (TPSA) is 46.8 Å². The van der Waals surface area contributed by atoms with E-state index in [-0.39, 0.29) is 0 Å². The molecule has 2 aromatic rings. The van der Waals surface area contributed by atoms with Gasteiger partial charge in [0.2, 0.25) is 5.13 Å². The highest BCUT2D eigenvalue weighted by atomic mass is 32.1. The summed E-state index contributed by atoms with van der Waals surface area (Å²) in [6.45, 7) is 5.26. The van der Waals surface area contributed by atoms with Gasteiger partial charge in [-0.3, -0.25) is 4.68 Å². The quantitative estimate of drug-likeness (QED) is 0.857. The summed E-state index contributed by atoms with van der Waals surface area (Å²) in [6.07, 6.45) is 6.58. The molecule has 1 saturated heterocycles. The van der Waals surface area contributed by atoms with Gasteiger partial charge in [-0.1, -0.05) is 0 Å². The third-order valence-electron chi connectivity index (χ3n) is 3.81. The first-order valence-corrected chi connectivity index (χ1v) is 7.63. The van der Waals surface area contributed by atoms with Crippen molar-refractivity contribution in [2.75, 3.05) is 18.0 Å². The molecule has 3 heterocycles. The van der Waals surface area contributed by atoms with E-state index in [9.17, 15) is 0 Å². The predicted octanol–water partition coefficient (Wildman–Crippen LogP) is 2.06. The zero-order valence-corrected chi connectivity index (χ0v) is 11.8. The van der Waals surface area contributed by atoms with Crippen molar-refractivity contribution in [2.24, 2.45) is 5.92 Å². The van der Waals surface area contributed by atoms with Crippen LogP contribution in [0.4, 0.5) is 5.13 Å². The van der Waals surface area contributed by atoms with Gasteiger partial charge in [-0.2, -0.15) is 9.47 Å². The van der Waals surface area contributed by atoms with Crippen LogP contribution in [0.25, 0.3) is 0 Å². The largest absolute Gasteiger partial charge is 0.346 e. The lowest BCUT2D eigenvalue weighted by molar-refractivity contribution is 0.342. The van der Waals surface area contributed by atoms with Crippen LogP contribution in [0, 0.1) is 12.8 Å². The van der Waals surface area contributed by atoms with E-state index in [1.165, 1.54) is 18.4 Å². The molecular weight excluding hydrogens is 258 g/mol. The smallest absolute Gasteiger partial charge is 0.205 e. The first kappa shape index (κ1) is 11.4. The third kappa shape index (κ3) is 2.25. The minimum atomic E-state index is 0.661. The van der Waals surface area contributed by atoms with Crippen LogP contribution in [-0.4, -0.2) is 32.2 Å². The van der Waals surface area contributed by atoms with Gasteiger partial charge in [0.05, 0.1) is 6.20 Å². The lowest BCUT2D eigenvalue weighted by Crippen LogP contribution is -2.48. The summed E-state index contributed by atoms with van der Waals surface area (Å²) in [5.74, 6) is 2.42. The third-order valence-corrected chi connectivity index (χ3v) is 4.60. The summed E-state index contributed by atoms with van der Waals surface area (Å²) in [5.41, 5.74) is 1.23. The van der Waals surface area contributed by atoms with Crippen molar-refractivity contribution in [1.29, 1.82) is 0 Å². The molecule has 0 aromatic carbocycles. The highest BCUT2D eigenvalue weighted by Gasteiger charge is 2.32. The number of hydrogen-bond donors (Lipinski definition) is 0. The Labute approximate surface area is 116 Å². The molecule has 0 spiro atoms. The normalized spacial score (nSPS) is 19.7. The van der Waals surface area contributed by atoms with Gasteiger partial charge >= 0.3 is 0 Å². The second-order valence-electron chi connectivity index (χ2n) is 5.72. The van der Waals surface area contributed by atoms with Gasteiger partial charge < -0.3 is 4.90 Å². The Morgan fingerprint density at radius 1 is 1.37 bits per heavy atom. The van der Waals surface area contributed by atoms with Gasteiger partial charge in [-0.15, -0.1) is 0 Å². The lowest BCUT2D eigenvalue weighted by atomic mass is 10.0. The van der Waals surface area contributed by atoms with Gasteiger partial charge in [-0.05, 0) is 25.3 Å². The average Bonchev–Trinajstić information content (AvgIpc) is 2.94. The second kappa shape index (κ2) is 4.30.